The van der Waals surface area contributed by atoms with E-state index in [9.17, 15) is 0 Å². The summed E-state index contributed by atoms with van der Waals surface area (Å²) in [5.74, 6) is 19.3. The van der Waals surface area contributed by atoms with Crippen molar-refractivity contribution >= 4 is 32.3 Å². The van der Waals surface area contributed by atoms with Crippen molar-refractivity contribution < 1.29 is 0 Å². The van der Waals surface area contributed by atoms with Gasteiger partial charge in [-0.25, -0.2) is 0 Å². The Hall–Kier alpha value is -1.93. The van der Waals surface area contributed by atoms with Gasteiger partial charge in [0.2, 0.25) is 0 Å². The minimum absolute atomic E-state index is 1.14. The van der Waals surface area contributed by atoms with Crippen LogP contribution in [0.5, 0.6) is 0 Å². The van der Waals surface area contributed by atoms with Crippen LogP contribution in [0.1, 0.15) is 0 Å². The van der Waals surface area contributed by atoms with Gasteiger partial charge in [0.15, 0.2) is 0 Å². The second-order valence-electron chi connectivity index (χ2n) is 12.8. The smallest absolute Gasteiger partial charge is 0.0808 e. The number of allylic oxidation sites excluding steroid dienone is 8. The average molecular weight is 487 g/mol. The van der Waals surface area contributed by atoms with E-state index in [2.05, 4.69) is 114 Å². The van der Waals surface area contributed by atoms with Gasteiger partial charge in [-0.3, -0.25) is 0 Å². The van der Waals surface area contributed by atoms with Crippen LogP contribution in [0.2, 0.25) is 78.6 Å². The third-order valence-electron chi connectivity index (χ3n) is 5.73. The minimum atomic E-state index is -1.58. The molecule has 0 bridgehead atoms. The Balaban J connectivity index is 2.57. The fourth-order valence-electron chi connectivity index (χ4n) is 4.60. The maximum atomic E-state index is 5.94. The SMILES string of the molecule is C#CC1=C([Si](C)(C)C)C(C#CC#CC2=C([Si](C)(C)C)C(C#C)=C2[Si](C)(C)C)=C1[Si](C)(C)C. The minimum Gasteiger partial charge on any atom is -0.115 e. The first kappa shape index (κ1) is 26.3. The van der Waals surface area contributed by atoms with Gasteiger partial charge in [0.1, 0.15) is 0 Å². The van der Waals surface area contributed by atoms with Crippen molar-refractivity contribution in [3.8, 4) is 48.4 Å². The predicted octanol–water partition coefficient (Wildman–Crippen LogP) is 6.98. The molecule has 0 radical (unpaired) electrons. The summed E-state index contributed by atoms with van der Waals surface area (Å²) >= 11 is 0. The average Bonchev–Trinajstić information content (AvgIpc) is 2.49. The molecule has 0 heterocycles. The molecular weight excluding hydrogens is 449 g/mol. The standard InChI is InChI=1S/C28H38Si4/c1-15-21-25(29(3,4)5)23(26(21)30(6,7)8)19-17-18-20-24-27(31(9,10)11)22(16-2)28(24)32(12,13)14/h1-2H,3-14H3. The summed E-state index contributed by atoms with van der Waals surface area (Å²) in [6.45, 7) is 28.2. The zero-order valence-corrected chi connectivity index (χ0v) is 26.2. The molecule has 0 aliphatic heterocycles. The van der Waals surface area contributed by atoms with Crippen LogP contribution in [0.15, 0.2) is 43.1 Å². The second-order valence-corrected chi connectivity index (χ2v) is 32.8. The van der Waals surface area contributed by atoms with Crippen molar-refractivity contribution in [1.29, 1.82) is 0 Å². The number of terminal acetylenes is 2. The second kappa shape index (κ2) is 8.45. The first-order chi connectivity index (χ1) is 14.4. The van der Waals surface area contributed by atoms with Crippen molar-refractivity contribution in [2.75, 3.05) is 0 Å². The van der Waals surface area contributed by atoms with E-state index in [-0.39, 0.29) is 0 Å². The summed E-state index contributed by atoms with van der Waals surface area (Å²) in [5.41, 5.74) is 4.68. The molecule has 0 N–H and O–H groups in total. The van der Waals surface area contributed by atoms with Crippen molar-refractivity contribution in [2.45, 2.75) is 78.6 Å². The lowest BCUT2D eigenvalue weighted by Crippen LogP contribution is -2.39. The Morgan fingerprint density at radius 1 is 0.406 bits per heavy atom. The summed E-state index contributed by atoms with van der Waals surface area (Å²) < 4.78 is 0. The quantitative estimate of drug-likeness (QED) is 0.297. The van der Waals surface area contributed by atoms with Gasteiger partial charge in [-0.05, 0) is 32.6 Å². The normalized spacial score (nSPS) is 16.9. The molecule has 0 saturated carbocycles. The molecule has 166 valence electrons. The van der Waals surface area contributed by atoms with Crippen LogP contribution in [-0.2, 0) is 0 Å². The molecule has 0 fully saturated rings. The highest BCUT2D eigenvalue weighted by Crippen LogP contribution is 2.45. The van der Waals surface area contributed by atoms with E-state index >= 15 is 0 Å². The Kier molecular flexibility index (Phi) is 6.95. The van der Waals surface area contributed by atoms with Crippen LogP contribution in [0.25, 0.3) is 0 Å². The molecule has 0 amide bonds. The molecule has 32 heavy (non-hydrogen) atoms. The topological polar surface area (TPSA) is 0 Å². The lowest BCUT2D eigenvalue weighted by molar-refractivity contribution is 1.36. The van der Waals surface area contributed by atoms with E-state index in [1.54, 1.807) is 0 Å². The number of rotatable bonds is 4. The van der Waals surface area contributed by atoms with Gasteiger partial charge in [0.05, 0.1) is 32.3 Å². The highest BCUT2D eigenvalue weighted by atomic mass is 28.3. The Morgan fingerprint density at radius 3 is 0.812 bits per heavy atom. The van der Waals surface area contributed by atoms with Crippen LogP contribution in [-0.4, -0.2) is 32.3 Å². The van der Waals surface area contributed by atoms with E-state index in [1.165, 1.54) is 31.9 Å². The van der Waals surface area contributed by atoms with Crippen molar-refractivity contribution in [3.05, 3.63) is 43.1 Å². The van der Waals surface area contributed by atoms with Crippen molar-refractivity contribution in [3.63, 3.8) is 0 Å². The summed E-state index contributed by atoms with van der Waals surface area (Å²) in [7, 11) is -6.33. The largest absolute Gasteiger partial charge is 0.115 e. The summed E-state index contributed by atoms with van der Waals surface area (Å²) in [5, 5.41) is 5.42. The molecule has 2 rings (SSSR count). The Bertz CT molecular complexity index is 1100. The zero-order chi connectivity index (χ0) is 24.9. The van der Waals surface area contributed by atoms with Crippen LogP contribution >= 0.6 is 0 Å². The molecule has 0 aromatic carbocycles. The molecule has 0 aromatic rings. The maximum absolute atomic E-state index is 5.94. The van der Waals surface area contributed by atoms with Gasteiger partial charge in [-0.2, -0.15) is 0 Å². The fourth-order valence-corrected chi connectivity index (χ4v) is 12.6. The summed E-state index contributed by atoms with van der Waals surface area (Å²) in [6, 6.07) is 0. The molecule has 4 heteroatoms. The van der Waals surface area contributed by atoms with Gasteiger partial charge in [-0.1, -0.05) is 102 Å². The number of hydrogen-bond acceptors (Lipinski definition) is 0. The molecule has 0 saturated heterocycles. The molecule has 0 unspecified atom stereocenters. The summed E-state index contributed by atoms with van der Waals surface area (Å²) in [6.07, 6.45) is 11.9. The van der Waals surface area contributed by atoms with E-state index in [4.69, 9.17) is 12.8 Å². The lowest BCUT2D eigenvalue weighted by Gasteiger charge is -2.38. The van der Waals surface area contributed by atoms with Crippen LogP contribution in [0, 0.1) is 48.4 Å². The third-order valence-corrected chi connectivity index (χ3v) is 13.7. The van der Waals surface area contributed by atoms with Gasteiger partial charge in [0, 0.05) is 22.3 Å². The molecule has 0 nitrogen and oxygen atoms in total. The van der Waals surface area contributed by atoms with Gasteiger partial charge in [-0.15, -0.1) is 12.8 Å². The fraction of sp³-hybridized carbons (Fsp3) is 0.429. The maximum Gasteiger partial charge on any atom is 0.0808 e. The molecular formula is C28H38Si4. The van der Waals surface area contributed by atoms with Crippen LogP contribution in [0.3, 0.4) is 0 Å². The van der Waals surface area contributed by atoms with E-state index in [0.29, 0.717) is 0 Å². The third kappa shape index (κ3) is 4.86. The van der Waals surface area contributed by atoms with Crippen molar-refractivity contribution in [1.82, 2.24) is 0 Å². The monoisotopic (exact) mass is 486 g/mol. The van der Waals surface area contributed by atoms with E-state index < -0.39 is 32.3 Å². The lowest BCUT2D eigenvalue weighted by atomic mass is 9.98. The van der Waals surface area contributed by atoms with Crippen LogP contribution < -0.4 is 0 Å². The highest BCUT2D eigenvalue weighted by molar-refractivity contribution is 6.90. The Labute approximate surface area is 201 Å². The van der Waals surface area contributed by atoms with E-state index in [0.717, 1.165) is 11.1 Å². The predicted molar refractivity (Wildman–Crippen MR) is 155 cm³/mol. The van der Waals surface area contributed by atoms with Crippen molar-refractivity contribution in [2.24, 2.45) is 0 Å². The molecule has 2 aliphatic carbocycles. The van der Waals surface area contributed by atoms with Gasteiger partial charge >= 0.3 is 0 Å². The van der Waals surface area contributed by atoms with Gasteiger partial charge < -0.3 is 0 Å². The highest BCUT2D eigenvalue weighted by Gasteiger charge is 2.42. The molecule has 0 atom stereocenters. The molecule has 2 aliphatic rings. The summed E-state index contributed by atoms with van der Waals surface area (Å²) in [4.78, 5) is 0. The Morgan fingerprint density at radius 2 is 0.625 bits per heavy atom. The van der Waals surface area contributed by atoms with Crippen LogP contribution in [0.4, 0.5) is 0 Å². The number of hydrogen-bond donors (Lipinski definition) is 0. The van der Waals surface area contributed by atoms with E-state index in [1.807, 2.05) is 0 Å². The molecule has 0 aromatic heterocycles. The zero-order valence-electron chi connectivity index (χ0n) is 22.2. The first-order valence-electron chi connectivity index (χ1n) is 11.3. The molecule has 0 spiro atoms. The van der Waals surface area contributed by atoms with Gasteiger partial charge in [0.25, 0.3) is 0 Å². The first-order valence-corrected chi connectivity index (χ1v) is 25.3.